The zero-order valence-electron chi connectivity index (χ0n) is 19.7. The molecule has 182 valence electrons. The van der Waals surface area contributed by atoms with E-state index in [9.17, 15) is 19.3 Å². The summed E-state index contributed by atoms with van der Waals surface area (Å²) in [6.45, 7) is 4.17. The highest BCUT2D eigenvalue weighted by molar-refractivity contribution is 5.95. The summed E-state index contributed by atoms with van der Waals surface area (Å²) in [6, 6.07) is 20.5. The van der Waals surface area contributed by atoms with Crippen LogP contribution < -0.4 is 21.7 Å². The molecule has 0 bridgehead atoms. The van der Waals surface area contributed by atoms with Gasteiger partial charge in [0.2, 0.25) is 5.62 Å². The van der Waals surface area contributed by atoms with E-state index in [-0.39, 0.29) is 24.3 Å². The molecule has 0 aliphatic heterocycles. The molecule has 0 fully saturated rings. The molecule has 1 amide bonds. The molecule has 10 heteroatoms. The number of aryl methyl sites for hydroxylation is 1. The molecule has 1 aromatic heterocycles. The third-order valence-electron chi connectivity index (χ3n) is 5.43. The lowest BCUT2D eigenvalue weighted by atomic mass is 10.1. The second-order valence-electron chi connectivity index (χ2n) is 7.98. The second-order valence-corrected chi connectivity index (χ2v) is 7.98. The molecular weight excluding hydrogens is 462 g/mol. The number of aromatic amines is 1. The van der Waals surface area contributed by atoms with Crippen molar-refractivity contribution in [1.29, 1.82) is 0 Å². The Bertz CT molecular complexity index is 1600. The number of benzene rings is 3. The van der Waals surface area contributed by atoms with Crippen LogP contribution >= 0.6 is 0 Å². The van der Waals surface area contributed by atoms with Crippen molar-refractivity contribution < 1.29 is 9.53 Å². The van der Waals surface area contributed by atoms with Crippen molar-refractivity contribution in [1.82, 2.24) is 14.1 Å². The van der Waals surface area contributed by atoms with Crippen LogP contribution in [-0.4, -0.2) is 20.0 Å². The molecule has 0 radical (unpaired) electrons. The first-order valence-electron chi connectivity index (χ1n) is 11.2. The van der Waals surface area contributed by atoms with Crippen LogP contribution in [0.4, 0.5) is 5.69 Å². The van der Waals surface area contributed by atoms with Gasteiger partial charge in [-0.25, -0.2) is 19.1 Å². The summed E-state index contributed by atoms with van der Waals surface area (Å²) in [5.41, 5.74) is 1.72. The van der Waals surface area contributed by atoms with E-state index in [0.29, 0.717) is 17.2 Å². The average Bonchev–Trinajstić information content (AvgIpc) is 2.88. The molecule has 0 aliphatic rings. The first-order valence-corrected chi connectivity index (χ1v) is 11.2. The Morgan fingerprint density at radius 1 is 0.944 bits per heavy atom. The Labute approximate surface area is 205 Å². The zero-order valence-corrected chi connectivity index (χ0v) is 19.7. The minimum absolute atomic E-state index is 0.122. The number of hydrogen-bond acceptors (Lipinski definition) is 6. The maximum Gasteiger partial charge on any atom is 0.335 e. The van der Waals surface area contributed by atoms with Crippen LogP contribution in [0.5, 0.6) is 11.5 Å². The van der Waals surface area contributed by atoms with Crippen LogP contribution in [-0.2, 0) is 13.1 Å². The number of ether oxygens (including phenoxy) is 1. The van der Waals surface area contributed by atoms with Gasteiger partial charge in [0, 0.05) is 17.3 Å². The molecule has 0 unspecified atom stereocenters. The van der Waals surface area contributed by atoms with Crippen molar-refractivity contribution in [3.8, 4) is 11.5 Å². The summed E-state index contributed by atoms with van der Waals surface area (Å²) in [6.07, 6.45) is 0. The molecule has 0 saturated carbocycles. The van der Waals surface area contributed by atoms with Crippen LogP contribution in [0.2, 0.25) is 0 Å². The predicted octanol–water partition coefficient (Wildman–Crippen LogP) is 3.65. The van der Waals surface area contributed by atoms with Gasteiger partial charge in [0.25, 0.3) is 0 Å². The number of H-pyrrole nitrogens is 1. The number of carbonyl (C=O) groups excluding carboxylic acids is 1. The monoisotopic (exact) mass is 485 g/mol. The van der Waals surface area contributed by atoms with Crippen molar-refractivity contribution in [2.24, 2.45) is 10.2 Å². The minimum Gasteiger partial charge on any atom is -0.457 e. The van der Waals surface area contributed by atoms with Gasteiger partial charge < -0.3 is 4.74 Å². The highest BCUT2D eigenvalue weighted by atomic mass is 16.5. The Morgan fingerprint density at radius 3 is 2.33 bits per heavy atom. The Kier molecular flexibility index (Phi) is 7.15. The van der Waals surface area contributed by atoms with Crippen LogP contribution in [0.1, 0.15) is 28.4 Å². The molecule has 3 aromatic carbocycles. The fraction of sp³-hybridized carbons (Fsp3) is 0.154. The van der Waals surface area contributed by atoms with E-state index in [1.54, 1.807) is 43.3 Å². The van der Waals surface area contributed by atoms with Crippen molar-refractivity contribution in [2.45, 2.75) is 26.9 Å². The molecule has 36 heavy (non-hydrogen) atoms. The maximum absolute atomic E-state index is 13.0. The quantitative estimate of drug-likeness (QED) is 0.400. The van der Waals surface area contributed by atoms with Crippen molar-refractivity contribution in [3.05, 3.63) is 121 Å². The zero-order chi connectivity index (χ0) is 25.7. The summed E-state index contributed by atoms with van der Waals surface area (Å²) in [5, 5.41) is 2.41. The van der Waals surface area contributed by atoms with Gasteiger partial charge in [-0.15, -0.1) is 4.91 Å². The topological polar surface area (TPSA) is 128 Å². The number of nitroso groups, excluding NO2 is 1. The second kappa shape index (κ2) is 10.6. The largest absolute Gasteiger partial charge is 0.457 e. The number of nitrogens with zero attached hydrogens (tertiary/aromatic N) is 4. The molecule has 4 aromatic rings. The summed E-state index contributed by atoms with van der Waals surface area (Å²) < 4.78 is 8.28. The minimum atomic E-state index is -0.882. The van der Waals surface area contributed by atoms with Crippen molar-refractivity contribution in [2.75, 3.05) is 0 Å². The summed E-state index contributed by atoms with van der Waals surface area (Å²) >= 11 is 0. The van der Waals surface area contributed by atoms with Gasteiger partial charge in [-0.1, -0.05) is 35.9 Å². The highest BCUT2D eigenvalue weighted by Crippen LogP contribution is 2.24. The third-order valence-corrected chi connectivity index (χ3v) is 5.43. The smallest absolute Gasteiger partial charge is 0.335 e. The van der Waals surface area contributed by atoms with Gasteiger partial charge in [0.05, 0.1) is 12.2 Å². The lowest BCUT2D eigenvalue weighted by molar-refractivity contribution is 0.100. The summed E-state index contributed by atoms with van der Waals surface area (Å²) in [5.74, 6) is -0.0646. The Balaban J connectivity index is 1.67. The van der Waals surface area contributed by atoms with E-state index in [1.165, 1.54) is 16.7 Å². The average molecular weight is 486 g/mol. The van der Waals surface area contributed by atoms with Gasteiger partial charge in [0.15, 0.2) is 0 Å². The maximum atomic E-state index is 13.0. The number of aromatic nitrogens is 3. The number of rotatable bonds is 7. The van der Waals surface area contributed by atoms with E-state index in [1.807, 2.05) is 31.2 Å². The summed E-state index contributed by atoms with van der Waals surface area (Å²) in [4.78, 5) is 54.6. The van der Waals surface area contributed by atoms with E-state index < -0.39 is 17.3 Å². The van der Waals surface area contributed by atoms with Gasteiger partial charge in [-0.2, -0.15) is 0 Å². The van der Waals surface area contributed by atoms with E-state index >= 15 is 0 Å². The molecule has 4 rings (SSSR count). The number of nitrogens with one attached hydrogen (secondary N) is 1. The Hall–Kier alpha value is -4.86. The number of carbonyl (C=O) groups is 1. The third kappa shape index (κ3) is 5.44. The fourth-order valence-electron chi connectivity index (χ4n) is 3.53. The molecule has 1 N–H and O–H groups in total. The van der Waals surface area contributed by atoms with Gasteiger partial charge in [-0.05, 0) is 61.9 Å². The van der Waals surface area contributed by atoms with Crippen LogP contribution in [0, 0.1) is 11.8 Å². The van der Waals surface area contributed by atoms with Gasteiger partial charge >= 0.3 is 17.3 Å². The van der Waals surface area contributed by atoms with Crippen LogP contribution in [0.15, 0.2) is 92.6 Å². The predicted molar refractivity (Wildman–Crippen MR) is 134 cm³/mol. The molecule has 0 atom stereocenters. The van der Waals surface area contributed by atoms with Gasteiger partial charge in [0.1, 0.15) is 11.5 Å². The fourth-order valence-corrected chi connectivity index (χ4v) is 3.53. The highest BCUT2D eigenvalue weighted by Gasteiger charge is 2.10. The molecule has 0 saturated heterocycles. The summed E-state index contributed by atoms with van der Waals surface area (Å²) in [7, 11) is 0. The van der Waals surface area contributed by atoms with E-state index in [4.69, 9.17) is 4.74 Å². The lowest BCUT2D eigenvalue weighted by Crippen LogP contribution is -2.49. The standard InChI is InChI=1S/C26H23N5O5/c1-3-30-25(33)28-24(31(26(30)34)16-18-9-7-17(2)8-10-18)27-20-11-13-21(14-12-20)36-22-6-4-5-19(15-22)23(32)29-35/h4-15H,3,16H2,1-2H3,(H,27,28,33). The van der Waals surface area contributed by atoms with Crippen LogP contribution in [0.3, 0.4) is 0 Å². The molecule has 10 nitrogen and oxygen atoms in total. The first kappa shape index (κ1) is 24.3. The van der Waals surface area contributed by atoms with Gasteiger partial charge in [-0.3, -0.25) is 14.3 Å². The molecule has 1 heterocycles. The molecule has 0 spiro atoms. The molecular formula is C26H23N5O5. The molecule has 0 aliphatic carbocycles. The SMILES string of the molecule is CCn1c(=O)[nH]/c(=N\c2ccc(Oc3cccc(C(=O)N=O)c3)cc2)n(Cc2ccc(C)cc2)c1=O. The van der Waals surface area contributed by atoms with Crippen LogP contribution in [0.25, 0.3) is 0 Å². The van der Waals surface area contributed by atoms with Crippen molar-refractivity contribution in [3.63, 3.8) is 0 Å². The number of amides is 1. The lowest BCUT2D eigenvalue weighted by Gasteiger charge is -2.10. The van der Waals surface area contributed by atoms with Crippen molar-refractivity contribution >= 4 is 11.6 Å². The first-order chi connectivity index (χ1) is 17.4. The Morgan fingerprint density at radius 2 is 1.67 bits per heavy atom. The normalized spacial score (nSPS) is 11.3. The van der Waals surface area contributed by atoms with E-state index in [2.05, 4.69) is 15.2 Å². The van der Waals surface area contributed by atoms with E-state index in [0.717, 1.165) is 15.7 Å². The number of hydrogen-bond donors (Lipinski definition) is 1.